The molecule has 0 saturated carbocycles. The van der Waals surface area contributed by atoms with Gasteiger partial charge in [0.05, 0.1) is 25.6 Å². The van der Waals surface area contributed by atoms with Gasteiger partial charge in [0.1, 0.15) is 0 Å². The number of aromatic nitrogens is 2. The van der Waals surface area contributed by atoms with Crippen molar-refractivity contribution in [3.63, 3.8) is 0 Å². The van der Waals surface area contributed by atoms with E-state index in [1.165, 1.54) is 6.33 Å². The third-order valence-corrected chi connectivity index (χ3v) is 3.73. The Balaban J connectivity index is 2.31. The fourth-order valence-corrected chi connectivity index (χ4v) is 2.55. The molecule has 0 aromatic carbocycles. The lowest BCUT2D eigenvalue weighted by Crippen LogP contribution is -2.53. The Morgan fingerprint density at radius 3 is 2.38 bits per heavy atom. The highest BCUT2D eigenvalue weighted by Gasteiger charge is 2.33. The summed E-state index contributed by atoms with van der Waals surface area (Å²) in [5, 5.41) is 1.87. The molecule has 1 aliphatic rings. The van der Waals surface area contributed by atoms with Crippen molar-refractivity contribution in [1.82, 2.24) is 19.6 Å². The third-order valence-electron chi connectivity index (χ3n) is 2.01. The van der Waals surface area contributed by atoms with E-state index in [4.69, 9.17) is 0 Å². The van der Waals surface area contributed by atoms with Crippen molar-refractivity contribution in [1.29, 1.82) is 0 Å². The normalized spacial score (nSPS) is 18.5. The summed E-state index contributed by atoms with van der Waals surface area (Å²) in [5.74, 6) is -1.28. The number of nitrogens with one attached hydrogen (secondary N) is 2. The number of aromatic amines is 1. The maximum absolute atomic E-state index is 11.9. The second kappa shape index (κ2) is 3.68. The van der Waals surface area contributed by atoms with Gasteiger partial charge >= 0.3 is 0 Å². The number of piperazine rings is 1. The molecule has 1 aromatic heterocycles. The molecule has 0 aliphatic carbocycles. The third kappa shape index (κ3) is 1.82. The summed E-state index contributed by atoms with van der Waals surface area (Å²) in [6.07, 6.45) is 2.32. The molecule has 86 valence electrons. The summed E-state index contributed by atoms with van der Waals surface area (Å²) in [6, 6.07) is 0. The Morgan fingerprint density at radius 2 is 1.88 bits per heavy atom. The number of carbonyl (C=O) groups is 2. The van der Waals surface area contributed by atoms with Crippen LogP contribution >= 0.6 is 0 Å². The maximum atomic E-state index is 11.9. The van der Waals surface area contributed by atoms with Crippen molar-refractivity contribution >= 4 is 21.8 Å². The topological polar surface area (TPSA) is 112 Å². The summed E-state index contributed by atoms with van der Waals surface area (Å²) in [4.78, 5) is 28.1. The highest BCUT2D eigenvalue weighted by atomic mass is 32.2. The Kier molecular flexibility index (Phi) is 2.48. The van der Waals surface area contributed by atoms with Crippen LogP contribution in [0, 0.1) is 0 Å². The summed E-state index contributed by atoms with van der Waals surface area (Å²) in [5.41, 5.74) is 0. The molecule has 16 heavy (non-hydrogen) atoms. The van der Waals surface area contributed by atoms with Crippen molar-refractivity contribution in [2.75, 3.05) is 13.1 Å². The molecular weight excluding hydrogens is 236 g/mol. The van der Waals surface area contributed by atoms with Gasteiger partial charge in [-0.1, -0.05) is 0 Å². The predicted octanol–water partition coefficient (Wildman–Crippen LogP) is -1.94. The highest BCUT2D eigenvalue weighted by Crippen LogP contribution is 2.12. The van der Waals surface area contributed by atoms with E-state index >= 15 is 0 Å². The number of sulfonamides is 1. The lowest BCUT2D eigenvalue weighted by atomic mass is 10.4. The molecule has 2 rings (SSSR count). The van der Waals surface area contributed by atoms with E-state index in [1.54, 1.807) is 0 Å². The second-order valence-electron chi connectivity index (χ2n) is 3.16. The summed E-state index contributed by atoms with van der Waals surface area (Å²) in [6.45, 7) is -0.736. The molecule has 0 spiro atoms. The van der Waals surface area contributed by atoms with Gasteiger partial charge in [-0.15, -0.1) is 0 Å². The highest BCUT2D eigenvalue weighted by molar-refractivity contribution is 7.89. The van der Waals surface area contributed by atoms with Gasteiger partial charge in [0.2, 0.25) is 11.8 Å². The second-order valence-corrected chi connectivity index (χ2v) is 5.07. The minimum Gasteiger partial charge on any atom is -0.335 e. The molecule has 0 atom stereocenters. The average Bonchev–Trinajstić information content (AvgIpc) is 2.69. The zero-order valence-corrected chi connectivity index (χ0v) is 8.82. The summed E-state index contributed by atoms with van der Waals surface area (Å²) >= 11 is 0. The first-order chi connectivity index (χ1) is 7.50. The van der Waals surface area contributed by atoms with Crippen molar-refractivity contribution < 1.29 is 18.0 Å². The fraction of sp³-hybridized carbons (Fsp3) is 0.286. The zero-order valence-electron chi connectivity index (χ0n) is 8.00. The van der Waals surface area contributed by atoms with Crippen LogP contribution in [-0.2, 0) is 19.6 Å². The summed E-state index contributed by atoms with van der Waals surface area (Å²) < 4.78 is 24.5. The minimum absolute atomic E-state index is 0.144. The number of imide groups is 1. The average molecular weight is 244 g/mol. The van der Waals surface area contributed by atoms with Crippen LogP contribution in [0.1, 0.15) is 0 Å². The van der Waals surface area contributed by atoms with Crippen LogP contribution in [0.5, 0.6) is 0 Å². The van der Waals surface area contributed by atoms with Crippen LogP contribution in [0.15, 0.2) is 17.6 Å². The molecule has 1 fully saturated rings. The number of rotatable bonds is 2. The molecule has 0 radical (unpaired) electrons. The molecule has 0 bridgehead atoms. The van der Waals surface area contributed by atoms with Crippen LogP contribution in [0.25, 0.3) is 0 Å². The van der Waals surface area contributed by atoms with Crippen molar-refractivity contribution in [3.8, 4) is 0 Å². The monoisotopic (exact) mass is 244 g/mol. The van der Waals surface area contributed by atoms with Crippen molar-refractivity contribution in [3.05, 3.63) is 12.5 Å². The van der Waals surface area contributed by atoms with Crippen molar-refractivity contribution in [2.45, 2.75) is 5.03 Å². The molecule has 0 unspecified atom stereocenters. The standard InChI is InChI=1S/C7H8N4O4S/c12-5-2-11(3-6(13)10-5)16(14,15)7-1-8-4-9-7/h1,4H,2-3H2,(H,8,9)(H,10,12,13). The van der Waals surface area contributed by atoms with Gasteiger partial charge in [-0.2, -0.15) is 4.31 Å². The summed E-state index contributed by atoms with van der Waals surface area (Å²) in [7, 11) is -3.85. The fourth-order valence-electron chi connectivity index (χ4n) is 1.30. The predicted molar refractivity (Wildman–Crippen MR) is 50.5 cm³/mol. The van der Waals surface area contributed by atoms with Crippen LogP contribution in [-0.4, -0.2) is 47.6 Å². The Labute approximate surface area is 90.7 Å². The SMILES string of the molecule is O=C1CN(S(=O)(=O)c2cnc[nH]2)CC(=O)N1. The quantitative estimate of drug-likeness (QED) is 0.587. The number of hydrogen-bond donors (Lipinski definition) is 2. The van der Waals surface area contributed by atoms with Gasteiger partial charge in [-0.25, -0.2) is 13.4 Å². The largest absolute Gasteiger partial charge is 0.335 e. The first-order valence-corrected chi connectivity index (χ1v) is 5.75. The van der Waals surface area contributed by atoms with E-state index in [0.717, 1.165) is 10.5 Å². The number of H-pyrrole nitrogens is 1. The molecule has 2 amide bonds. The van der Waals surface area contributed by atoms with E-state index in [1.807, 2.05) is 5.32 Å². The van der Waals surface area contributed by atoms with Gasteiger partial charge < -0.3 is 4.98 Å². The first kappa shape index (κ1) is 10.8. The first-order valence-electron chi connectivity index (χ1n) is 4.31. The molecular formula is C7H8N4O4S. The molecule has 1 aromatic rings. The molecule has 9 heteroatoms. The van der Waals surface area contributed by atoms with Crippen LogP contribution in [0.4, 0.5) is 0 Å². The number of imidazole rings is 1. The van der Waals surface area contributed by atoms with E-state index in [-0.39, 0.29) is 18.1 Å². The van der Waals surface area contributed by atoms with Gasteiger partial charge in [-0.3, -0.25) is 14.9 Å². The van der Waals surface area contributed by atoms with Crippen LogP contribution < -0.4 is 5.32 Å². The molecule has 2 heterocycles. The Bertz CT molecular complexity index is 505. The molecule has 1 aliphatic heterocycles. The molecule has 2 N–H and O–H groups in total. The number of amides is 2. The van der Waals surface area contributed by atoms with Gasteiger partial charge in [0.15, 0.2) is 5.03 Å². The van der Waals surface area contributed by atoms with E-state index < -0.39 is 21.8 Å². The van der Waals surface area contributed by atoms with Crippen LogP contribution in [0.3, 0.4) is 0 Å². The van der Waals surface area contributed by atoms with E-state index in [2.05, 4.69) is 9.97 Å². The Hall–Kier alpha value is -1.74. The van der Waals surface area contributed by atoms with Gasteiger partial charge in [0.25, 0.3) is 10.0 Å². The maximum Gasteiger partial charge on any atom is 0.261 e. The van der Waals surface area contributed by atoms with Gasteiger partial charge in [0, 0.05) is 0 Å². The molecule has 1 saturated heterocycles. The van der Waals surface area contributed by atoms with E-state index in [9.17, 15) is 18.0 Å². The minimum atomic E-state index is -3.85. The van der Waals surface area contributed by atoms with Crippen LogP contribution in [0.2, 0.25) is 0 Å². The lowest BCUT2D eigenvalue weighted by Gasteiger charge is -2.23. The Morgan fingerprint density at radius 1 is 1.25 bits per heavy atom. The van der Waals surface area contributed by atoms with Gasteiger partial charge in [-0.05, 0) is 0 Å². The number of nitrogens with zero attached hydrogens (tertiary/aromatic N) is 2. The number of carbonyl (C=O) groups excluding carboxylic acids is 2. The lowest BCUT2D eigenvalue weighted by molar-refractivity contribution is -0.134. The number of hydrogen-bond acceptors (Lipinski definition) is 5. The van der Waals surface area contributed by atoms with E-state index in [0.29, 0.717) is 0 Å². The van der Waals surface area contributed by atoms with Crippen molar-refractivity contribution in [2.24, 2.45) is 0 Å². The molecule has 8 nitrogen and oxygen atoms in total. The smallest absolute Gasteiger partial charge is 0.261 e. The zero-order chi connectivity index (χ0) is 11.8.